The van der Waals surface area contributed by atoms with Gasteiger partial charge in [0.1, 0.15) is 12.4 Å². The SMILES string of the molecule is CSc1ccc(NC(=O)N(CC(=O)Nc2cc(C(C)(C)C)nn2-c2ccccc2Cl)CC(C)C)cc1. The van der Waals surface area contributed by atoms with Crippen molar-refractivity contribution in [2.24, 2.45) is 5.92 Å². The first-order valence-corrected chi connectivity index (χ1v) is 13.4. The van der Waals surface area contributed by atoms with Crippen LogP contribution in [0.15, 0.2) is 59.5 Å². The maximum atomic E-state index is 13.2. The van der Waals surface area contributed by atoms with Gasteiger partial charge in [-0.25, -0.2) is 9.48 Å². The second-order valence-electron chi connectivity index (χ2n) is 10.0. The van der Waals surface area contributed by atoms with Crippen LogP contribution in [0.5, 0.6) is 0 Å². The van der Waals surface area contributed by atoms with Crippen molar-refractivity contribution >= 4 is 46.8 Å². The van der Waals surface area contributed by atoms with Crippen LogP contribution in [-0.2, 0) is 10.2 Å². The van der Waals surface area contributed by atoms with E-state index in [1.165, 1.54) is 4.90 Å². The van der Waals surface area contributed by atoms with Crippen molar-refractivity contribution in [3.05, 3.63) is 65.3 Å². The molecule has 0 saturated heterocycles. The zero-order valence-corrected chi connectivity index (χ0v) is 23.2. The highest BCUT2D eigenvalue weighted by Crippen LogP contribution is 2.29. The van der Waals surface area contributed by atoms with Crippen LogP contribution in [0.4, 0.5) is 16.3 Å². The number of anilines is 2. The molecule has 2 N–H and O–H groups in total. The lowest BCUT2D eigenvalue weighted by atomic mass is 9.92. The van der Waals surface area contributed by atoms with E-state index >= 15 is 0 Å². The van der Waals surface area contributed by atoms with Gasteiger partial charge in [0.15, 0.2) is 0 Å². The van der Waals surface area contributed by atoms with Crippen LogP contribution in [-0.4, -0.2) is 46.0 Å². The molecule has 1 heterocycles. The number of hydrogen-bond acceptors (Lipinski definition) is 4. The fourth-order valence-corrected chi connectivity index (χ4v) is 4.16. The summed E-state index contributed by atoms with van der Waals surface area (Å²) < 4.78 is 1.64. The third-order valence-electron chi connectivity index (χ3n) is 5.37. The Hall–Kier alpha value is -2.97. The van der Waals surface area contributed by atoms with Gasteiger partial charge in [-0.1, -0.05) is 58.4 Å². The Kier molecular flexibility index (Phi) is 9.08. The standard InChI is InChI=1S/C27H34ClN5O2S/c1-18(2)16-32(26(35)29-19-11-13-20(36-6)14-12-19)17-25(34)30-24-15-23(27(3,4)5)31-33(24)22-10-8-7-9-21(22)28/h7-15,18H,16-17H2,1-6H3,(H,29,35)(H,30,34). The minimum Gasteiger partial charge on any atom is -0.315 e. The summed E-state index contributed by atoms with van der Waals surface area (Å²) in [4.78, 5) is 28.8. The monoisotopic (exact) mass is 527 g/mol. The van der Waals surface area contributed by atoms with Gasteiger partial charge in [0.2, 0.25) is 5.91 Å². The molecule has 3 aromatic rings. The lowest BCUT2D eigenvalue weighted by Crippen LogP contribution is -2.42. The van der Waals surface area contributed by atoms with E-state index in [9.17, 15) is 9.59 Å². The van der Waals surface area contributed by atoms with Crippen LogP contribution < -0.4 is 10.6 Å². The summed E-state index contributed by atoms with van der Waals surface area (Å²) in [7, 11) is 0. The molecule has 9 heteroatoms. The smallest absolute Gasteiger partial charge is 0.315 e. The summed E-state index contributed by atoms with van der Waals surface area (Å²) in [5.74, 6) is 0.358. The van der Waals surface area contributed by atoms with Gasteiger partial charge >= 0.3 is 6.03 Å². The number of benzene rings is 2. The van der Waals surface area contributed by atoms with Crippen molar-refractivity contribution in [3.63, 3.8) is 0 Å². The number of thioether (sulfide) groups is 1. The lowest BCUT2D eigenvalue weighted by Gasteiger charge is -2.24. The third-order valence-corrected chi connectivity index (χ3v) is 6.44. The normalized spacial score (nSPS) is 11.4. The van der Waals surface area contributed by atoms with Crippen LogP contribution in [0, 0.1) is 5.92 Å². The molecule has 192 valence electrons. The second kappa shape index (κ2) is 11.8. The molecule has 0 aliphatic rings. The van der Waals surface area contributed by atoms with Crippen LogP contribution in [0.3, 0.4) is 0 Å². The van der Waals surface area contributed by atoms with Gasteiger partial charge in [-0.2, -0.15) is 5.10 Å². The van der Waals surface area contributed by atoms with E-state index in [1.54, 1.807) is 22.5 Å². The molecule has 0 atom stereocenters. The average Bonchev–Trinajstić information content (AvgIpc) is 3.23. The van der Waals surface area contributed by atoms with Crippen molar-refractivity contribution in [1.29, 1.82) is 0 Å². The molecule has 0 fully saturated rings. The van der Waals surface area contributed by atoms with Gasteiger partial charge in [0.25, 0.3) is 0 Å². The van der Waals surface area contributed by atoms with E-state index in [-0.39, 0.29) is 29.8 Å². The quantitative estimate of drug-likeness (QED) is 0.320. The van der Waals surface area contributed by atoms with E-state index in [0.29, 0.717) is 28.8 Å². The predicted molar refractivity (Wildman–Crippen MR) is 150 cm³/mol. The Morgan fingerprint density at radius 3 is 2.33 bits per heavy atom. The zero-order chi connectivity index (χ0) is 26.5. The first kappa shape index (κ1) is 27.6. The Morgan fingerprint density at radius 2 is 1.75 bits per heavy atom. The first-order chi connectivity index (χ1) is 17.0. The predicted octanol–water partition coefficient (Wildman–Crippen LogP) is 6.67. The van der Waals surface area contributed by atoms with E-state index in [1.807, 2.05) is 68.6 Å². The van der Waals surface area contributed by atoms with Crippen LogP contribution in [0.25, 0.3) is 5.69 Å². The zero-order valence-electron chi connectivity index (χ0n) is 21.6. The Bertz CT molecular complexity index is 1200. The fourth-order valence-electron chi connectivity index (χ4n) is 3.54. The molecule has 1 aromatic heterocycles. The summed E-state index contributed by atoms with van der Waals surface area (Å²) in [6, 6.07) is 16.5. The molecule has 0 aliphatic heterocycles. The van der Waals surface area contributed by atoms with Gasteiger partial charge in [0, 0.05) is 28.6 Å². The van der Waals surface area contributed by atoms with E-state index in [4.69, 9.17) is 16.7 Å². The van der Waals surface area contributed by atoms with E-state index < -0.39 is 0 Å². The molecular weight excluding hydrogens is 494 g/mol. The second-order valence-corrected chi connectivity index (χ2v) is 11.3. The van der Waals surface area contributed by atoms with E-state index in [2.05, 4.69) is 31.4 Å². The molecule has 7 nitrogen and oxygen atoms in total. The number of rotatable bonds is 8. The maximum Gasteiger partial charge on any atom is 0.322 e. The number of halogens is 1. The number of aromatic nitrogens is 2. The number of carbonyl (C=O) groups excluding carboxylic acids is 2. The largest absolute Gasteiger partial charge is 0.322 e. The summed E-state index contributed by atoms with van der Waals surface area (Å²) in [6.07, 6.45) is 2.00. The highest BCUT2D eigenvalue weighted by molar-refractivity contribution is 7.98. The minimum absolute atomic E-state index is 0.106. The Labute approximate surface area is 222 Å². The molecule has 36 heavy (non-hydrogen) atoms. The van der Waals surface area contributed by atoms with Gasteiger partial charge in [-0.15, -0.1) is 11.8 Å². The lowest BCUT2D eigenvalue weighted by molar-refractivity contribution is -0.116. The van der Waals surface area contributed by atoms with Crippen molar-refractivity contribution in [2.75, 3.05) is 30.0 Å². The summed E-state index contributed by atoms with van der Waals surface area (Å²) >= 11 is 8.07. The van der Waals surface area contributed by atoms with Gasteiger partial charge < -0.3 is 15.5 Å². The third kappa shape index (κ3) is 7.27. The topological polar surface area (TPSA) is 79.3 Å². The van der Waals surface area contributed by atoms with Crippen molar-refractivity contribution < 1.29 is 9.59 Å². The first-order valence-electron chi connectivity index (χ1n) is 11.8. The Balaban J connectivity index is 1.81. The van der Waals surface area contributed by atoms with Crippen molar-refractivity contribution in [2.45, 2.75) is 44.9 Å². The van der Waals surface area contributed by atoms with Crippen LogP contribution in [0.2, 0.25) is 5.02 Å². The molecule has 0 spiro atoms. The molecule has 0 bridgehead atoms. The number of nitrogens with zero attached hydrogens (tertiary/aromatic N) is 3. The molecule has 0 saturated carbocycles. The summed E-state index contributed by atoms with van der Waals surface area (Å²) in [6.45, 7) is 10.5. The maximum absolute atomic E-state index is 13.2. The molecule has 3 amide bonds. The van der Waals surface area contributed by atoms with Gasteiger partial charge in [0.05, 0.1) is 16.4 Å². The van der Waals surface area contributed by atoms with E-state index in [0.717, 1.165) is 10.6 Å². The minimum atomic E-state index is -0.328. The van der Waals surface area contributed by atoms with Crippen LogP contribution in [0.1, 0.15) is 40.3 Å². The highest BCUT2D eigenvalue weighted by Gasteiger charge is 2.24. The number of hydrogen-bond donors (Lipinski definition) is 2. The van der Waals surface area contributed by atoms with Crippen molar-refractivity contribution in [3.8, 4) is 5.69 Å². The molecule has 3 rings (SSSR count). The fraction of sp³-hybridized carbons (Fsp3) is 0.370. The van der Waals surface area contributed by atoms with Gasteiger partial charge in [-0.05, 0) is 48.6 Å². The number of nitrogens with one attached hydrogen (secondary N) is 2. The molecular formula is C27H34ClN5O2S. The van der Waals surface area contributed by atoms with Crippen LogP contribution >= 0.6 is 23.4 Å². The highest BCUT2D eigenvalue weighted by atomic mass is 35.5. The number of para-hydroxylation sites is 1. The molecule has 0 aliphatic carbocycles. The van der Waals surface area contributed by atoms with Gasteiger partial charge in [-0.3, -0.25) is 4.79 Å². The number of carbonyl (C=O) groups is 2. The molecule has 0 radical (unpaired) electrons. The molecule has 2 aromatic carbocycles. The molecule has 0 unspecified atom stereocenters. The van der Waals surface area contributed by atoms with Crippen molar-refractivity contribution in [1.82, 2.24) is 14.7 Å². The Morgan fingerprint density at radius 1 is 1.08 bits per heavy atom. The number of amides is 3. The number of urea groups is 1. The summed E-state index contributed by atoms with van der Waals surface area (Å²) in [5.41, 5.74) is 1.92. The average molecular weight is 528 g/mol. The summed E-state index contributed by atoms with van der Waals surface area (Å²) in [5, 5.41) is 11.1.